The summed E-state index contributed by atoms with van der Waals surface area (Å²) in [5.41, 5.74) is 4.79. The van der Waals surface area contributed by atoms with E-state index in [9.17, 15) is 0 Å². The Balaban J connectivity index is 1.54. The van der Waals surface area contributed by atoms with Crippen LogP contribution in [0, 0.1) is 6.92 Å². The number of pyridine rings is 1. The number of hydrogen-bond donors (Lipinski definition) is 1. The van der Waals surface area contributed by atoms with E-state index in [1.54, 1.807) is 6.20 Å². The zero-order valence-electron chi connectivity index (χ0n) is 16.1. The van der Waals surface area contributed by atoms with Crippen LogP contribution >= 0.6 is 0 Å². The van der Waals surface area contributed by atoms with Crippen LogP contribution < -0.4 is 10.1 Å². The molecule has 0 atom stereocenters. The van der Waals surface area contributed by atoms with E-state index in [1.807, 2.05) is 12.3 Å². The molecule has 1 N–H and O–H groups in total. The van der Waals surface area contributed by atoms with Crippen molar-refractivity contribution in [3.8, 4) is 5.75 Å². The van der Waals surface area contributed by atoms with Crippen LogP contribution in [0.2, 0.25) is 0 Å². The summed E-state index contributed by atoms with van der Waals surface area (Å²) < 4.78 is 6.22. The molecular weight excluding hydrogens is 344 g/mol. The molecule has 0 amide bonds. The Morgan fingerprint density at radius 1 is 0.821 bits per heavy atom. The molecule has 0 aliphatic carbocycles. The minimum atomic E-state index is 0.564. The normalized spacial score (nSPS) is 10.9. The maximum Gasteiger partial charge on any atom is 0.124 e. The Morgan fingerprint density at radius 2 is 1.68 bits per heavy atom. The van der Waals surface area contributed by atoms with E-state index < -0.39 is 0 Å². The molecule has 0 spiro atoms. The predicted molar refractivity (Wildman–Crippen MR) is 114 cm³/mol. The molecule has 0 saturated heterocycles. The van der Waals surface area contributed by atoms with E-state index in [-0.39, 0.29) is 0 Å². The summed E-state index contributed by atoms with van der Waals surface area (Å²) in [6.45, 7) is 4.17. The Morgan fingerprint density at radius 3 is 2.50 bits per heavy atom. The number of ether oxygens (including phenoxy) is 1. The maximum atomic E-state index is 6.22. The standard InChI is InChI=1S/C25H24N2O/c1-19-8-10-20(11-9-19)18-28-25-13-12-22-6-2-3-7-23(22)24(25)17-27-16-21-5-4-14-26-15-21/h2-15,27H,16-18H2,1H3. The molecule has 0 radical (unpaired) electrons. The Labute approximate surface area is 166 Å². The SMILES string of the molecule is Cc1ccc(COc2ccc3ccccc3c2CNCc2cccnc2)cc1. The van der Waals surface area contributed by atoms with Crippen molar-refractivity contribution in [2.24, 2.45) is 0 Å². The summed E-state index contributed by atoms with van der Waals surface area (Å²) in [4.78, 5) is 4.18. The minimum Gasteiger partial charge on any atom is -0.489 e. The molecule has 0 fully saturated rings. The lowest BCUT2D eigenvalue weighted by molar-refractivity contribution is 0.302. The minimum absolute atomic E-state index is 0.564. The summed E-state index contributed by atoms with van der Waals surface area (Å²) in [6, 6.07) is 25.2. The van der Waals surface area contributed by atoms with Gasteiger partial charge < -0.3 is 10.1 Å². The number of aryl methyl sites for hydroxylation is 1. The van der Waals surface area contributed by atoms with Crippen molar-refractivity contribution in [3.05, 3.63) is 107 Å². The Kier molecular flexibility index (Phi) is 5.64. The number of hydrogen-bond acceptors (Lipinski definition) is 3. The number of rotatable bonds is 7. The van der Waals surface area contributed by atoms with Gasteiger partial charge in [-0.25, -0.2) is 0 Å². The van der Waals surface area contributed by atoms with E-state index in [2.05, 4.69) is 84.0 Å². The highest BCUT2D eigenvalue weighted by molar-refractivity contribution is 5.87. The van der Waals surface area contributed by atoms with Gasteiger partial charge in [0.2, 0.25) is 0 Å². The van der Waals surface area contributed by atoms with Crippen LogP contribution in [0.25, 0.3) is 10.8 Å². The van der Waals surface area contributed by atoms with Gasteiger partial charge in [0.05, 0.1) is 0 Å². The van der Waals surface area contributed by atoms with Crippen LogP contribution in [-0.4, -0.2) is 4.98 Å². The van der Waals surface area contributed by atoms with Gasteiger partial charge in [0.1, 0.15) is 12.4 Å². The third-order valence-electron chi connectivity index (χ3n) is 4.87. The second-order valence-electron chi connectivity index (χ2n) is 7.00. The van der Waals surface area contributed by atoms with Crippen LogP contribution in [0.4, 0.5) is 0 Å². The van der Waals surface area contributed by atoms with Crippen molar-refractivity contribution in [2.45, 2.75) is 26.6 Å². The highest BCUT2D eigenvalue weighted by Crippen LogP contribution is 2.29. The quantitative estimate of drug-likeness (QED) is 0.473. The molecule has 0 bridgehead atoms. The van der Waals surface area contributed by atoms with E-state index in [1.165, 1.54) is 33.0 Å². The van der Waals surface area contributed by atoms with Crippen molar-refractivity contribution >= 4 is 10.8 Å². The maximum absolute atomic E-state index is 6.22. The second-order valence-corrected chi connectivity index (χ2v) is 7.00. The number of fused-ring (bicyclic) bond motifs is 1. The van der Waals surface area contributed by atoms with Gasteiger partial charge in [0.25, 0.3) is 0 Å². The average Bonchev–Trinajstić information content (AvgIpc) is 2.75. The predicted octanol–water partition coefficient (Wildman–Crippen LogP) is 5.41. The lowest BCUT2D eigenvalue weighted by Gasteiger charge is -2.15. The number of nitrogens with zero attached hydrogens (tertiary/aromatic N) is 1. The second kappa shape index (κ2) is 8.68. The Hall–Kier alpha value is -3.17. The van der Waals surface area contributed by atoms with Crippen LogP contribution in [0.15, 0.2) is 85.2 Å². The molecular formula is C25H24N2O. The van der Waals surface area contributed by atoms with E-state index >= 15 is 0 Å². The highest BCUT2D eigenvalue weighted by atomic mass is 16.5. The van der Waals surface area contributed by atoms with Crippen molar-refractivity contribution in [1.29, 1.82) is 0 Å². The first-order chi connectivity index (χ1) is 13.8. The molecule has 3 aromatic carbocycles. The average molecular weight is 368 g/mol. The number of aromatic nitrogens is 1. The molecule has 0 saturated carbocycles. The van der Waals surface area contributed by atoms with Gasteiger partial charge in [-0.15, -0.1) is 0 Å². The molecule has 28 heavy (non-hydrogen) atoms. The smallest absolute Gasteiger partial charge is 0.124 e. The number of benzene rings is 3. The summed E-state index contributed by atoms with van der Waals surface area (Å²) in [5.74, 6) is 0.929. The largest absolute Gasteiger partial charge is 0.489 e. The topological polar surface area (TPSA) is 34.1 Å². The van der Waals surface area contributed by atoms with Gasteiger partial charge in [0, 0.05) is 31.0 Å². The van der Waals surface area contributed by atoms with E-state index in [0.29, 0.717) is 6.61 Å². The van der Waals surface area contributed by atoms with Crippen molar-refractivity contribution < 1.29 is 4.74 Å². The van der Waals surface area contributed by atoms with Crippen molar-refractivity contribution in [1.82, 2.24) is 10.3 Å². The van der Waals surface area contributed by atoms with Gasteiger partial charge >= 0.3 is 0 Å². The first-order valence-electron chi connectivity index (χ1n) is 9.58. The lowest BCUT2D eigenvalue weighted by Crippen LogP contribution is -2.14. The summed E-state index contributed by atoms with van der Waals surface area (Å²) in [6.07, 6.45) is 3.69. The lowest BCUT2D eigenvalue weighted by atomic mass is 10.0. The molecule has 4 aromatic rings. The van der Waals surface area contributed by atoms with Gasteiger partial charge in [-0.2, -0.15) is 0 Å². The fraction of sp³-hybridized carbons (Fsp3) is 0.160. The van der Waals surface area contributed by atoms with Crippen molar-refractivity contribution in [2.75, 3.05) is 0 Å². The fourth-order valence-corrected chi connectivity index (χ4v) is 3.31. The molecule has 3 heteroatoms. The van der Waals surface area contributed by atoms with Gasteiger partial charge in [-0.1, -0.05) is 66.2 Å². The summed E-state index contributed by atoms with van der Waals surface area (Å²) >= 11 is 0. The van der Waals surface area contributed by atoms with Crippen LogP contribution in [0.3, 0.4) is 0 Å². The first-order valence-corrected chi connectivity index (χ1v) is 9.58. The Bertz CT molecular complexity index is 1040. The summed E-state index contributed by atoms with van der Waals surface area (Å²) in [7, 11) is 0. The molecule has 140 valence electrons. The molecule has 3 nitrogen and oxygen atoms in total. The molecule has 0 unspecified atom stereocenters. The molecule has 0 aliphatic rings. The zero-order chi connectivity index (χ0) is 19.2. The third-order valence-corrected chi connectivity index (χ3v) is 4.87. The van der Waals surface area contributed by atoms with Gasteiger partial charge in [0.15, 0.2) is 0 Å². The molecule has 1 aromatic heterocycles. The van der Waals surface area contributed by atoms with E-state index in [0.717, 1.165) is 18.8 Å². The van der Waals surface area contributed by atoms with Crippen molar-refractivity contribution in [3.63, 3.8) is 0 Å². The molecule has 4 rings (SSSR count). The fourth-order valence-electron chi connectivity index (χ4n) is 3.31. The van der Waals surface area contributed by atoms with Crippen LogP contribution in [0.5, 0.6) is 5.75 Å². The summed E-state index contributed by atoms with van der Waals surface area (Å²) in [5, 5.41) is 5.99. The van der Waals surface area contributed by atoms with E-state index in [4.69, 9.17) is 4.74 Å². The van der Waals surface area contributed by atoms with Crippen LogP contribution in [0.1, 0.15) is 22.3 Å². The van der Waals surface area contributed by atoms with Gasteiger partial charge in [-0.05, 0) is 41.0 Å². The van der Waals surface area contributed by atoms with Crippen LogP contribution in [-0.2, 0) is 19.7 Å². The first kappa shape index (κ1) is 18.2. The zero-order valence-corrected chi connectivity index (χ0v) is 16.1. The monoisotopic (exact) mass is 368 g/mol. The third kappa shape index (κ3) is 4.38. The molecule has 0 aliphatic heterocycles. The number of nitrogens with one attached hydrogen (secondary N) is 1. The van der Waals surface area contributed by atoms with Gasteiger partial charge in [-0.3, -0.25) is 4.98 Å². The molecule has 1 heterocycles. The highest BCUT2D eigenvalue weighted by Gasteiger charge is 2.09.